The van der Waals surface area contributed by atoms with E-state index in [0.717, 1.165) is 27.1 Å². The average molecular weight is 337 g/mol. The van der Waals surface area contributed by atoms with Gasteiger partial charge in [0.2, 0.25) is 5.91 Å². The van der Waals surface area contributed by atoms with Crippen molar-refractivity contribution in [3.8, 4) is 0 Å². The summed E-state index contributed by atoms with van der Waals surface area (Å²) >= 11 is 3.44. The molecule has 1 aromatic heterocycles. The predicted octanol–water partition coefficient (Wildman–Crippen LogP) is 2.79. The molecular weight excluding hydrogens is 320 g/mol. The topological polar surface area (TPSA) is 72.9 Å². The molecule has 1 amide bonds. The van der Waals surface area contributed by atoms with Crippen molar-refractivity contribution in [1.29, 1.82) is 0 Å². The fraction of sp³-hybridized carbons (Fsp3) is 0.286. The van der Waals surface area contributed by atoms with E-state index in [0.29, 0.717) is 5.69 Å². The Labute approximate surface area is 126 Å². The molecule has 0 fully saturated rings. The maximum absolute atomic E-state index is 12.1. The Hall–Kier alpha value is -1.82. The molecule has 106 valence electrons. The van der Waals surface area contributed by atoms with Gasteiger partial charge in [0, 0.05) is 10.2 Å². The Morgan fingerprint density at radius 1 is 1.40 bits per heavy atom. The molecule has 0 aliphatic carbocycles. The van der Waals surface area contributed by atoms with Crippen molar-refractivity contribution < 1.29 is 4.79 Å². The number of anilines is 2. The standard InChI is InChI=1S/C14H17BrN4O/c1-8-11(15)5-4-6-12(8)17-13(20)7-19-10(3)14(16)9(2)18-19/h4-6H,7,16H2,1-3H3,(H,17,20). The molecule has 20 heavy (non-hydrogen) atoms. The summed E-state index contributed by atoms with van der Waals surface area (Å²) in [5.41, 5.74) is 9.83. The van der Waals surface area contributed by atoms with E-state index in [1.807, 2.05) is 39.0 Å². The zero-order valence-electron chi connectivity index (χ0n) is 11.7. The highest BCUT2D eigenvalue weighted by molar-refractivity contribution is 9.10. The highest BCUT2D eigenvalue weighted by Crippen LogP contribution is 2.23. The minimum Gasteiger partial charge on any atom is -0.396 e. The molecule has 2 rings (SSSR count). The molecule has 2 aromatic rings. The van der Waals surface area contributed by atoms with Crippen LogP contribution < -0.4 is 11.1 Å². The molecule has 6 heteroatoms. The number of nitrogens with zero attached hydrogens (tertiary/aromatic N) is 2. The number of hydrogen-bond acceptors (Lipinski definition) is 3. The zero-order chi connectivity index (χ0) is 14.9. The lowest BCUT2D eigenvalue weighted by molar-refractivity contribution is -0.116. The third-order valence-corrected chi connectivity index (χ3v) is 4.13. The molecule has 5 nitrogen and oxygen atoms in total. The summed E-state index contributed by atoms with van der Waals surface area (Å²) in [6.07, 6.45) is 0. The van der Waals surface area contributed by atoms with E-state index in [4.69, 9.17) is 5.73 Å². The van der Waals surface area contributed by atoms with Gasteiger partial charge in [-0.2, -0.15) is 5.10 Å². The molecule has 3 N–H and O–H groups in total. The van der Waals surface area contributed by atoms with Gasteiger partial charge in [0.1, 0.15) is 6.54 Å². The van der Waals surface area contributed by atoms with E-state index in [2.05, 4.69) is 26.3 Å². The van der Waals surface area contributed by atoms with Gasteiger partial charge in [-0.05, 0) is 38.5 Å². The van der Waals surface area contributed by atoms with E-state index >= 15 is 0 Å². The van der Waals surface area contributed by atoms with Crippen molar-refractivity contribution in [3.63, 3.8) is 0 Å². The van der Waals surface area contributed by atoms with E-state index < -0.39 is 0 Å². The summed E-state index contributed by atoms with van der Waals surface area (Å²) in [5, 5.41) is 7.14. The van der Waals surface area contributed by atoms with Gasteiger partial charge in [0.15, 0.2) is 0 Å². The summed E-state index contributed by atoms with van der Waals surface area (Å²) in [7, 11) is 0. The number of halogens is 1. The predicted molar refractivity (Wildman–Crippen MR) is 83.6 cm³/mol. The smallest absolute Gasteiger partial charge is 0.246 e. The van der Waals surface area contributed by atoms with Crippen LogP contribution in [0.5, 0.6) is 0 Å². The quantitative estimate of drug-likeness (QED) is 0.905. The largest absolute Gasteiger partial charge is 0.396 e. The SMILES string of the molecule is Cc1nn(CC(=O)Nc2cccc(Br)c2C)c(C)c1N. The number of nitrogens with two attached hydrogens (primary N) is 1. The number of aromatic nitrogens is 2. The minimum atomic E-state index is -0.128. The maximum atomic E-state index is 12.1. The summed E-state index contributed by atoms with van der Waals surface area (Å²) in [6, 6.07) is 5.69. The van der Waals surface area contributed by atoms with E-state index in [-0.39, 0.29) is 12.5 Å². The Kier molecular flexibility index (Phi) is 4.13. The minimum absolute atomic E-state index is 0.128. The number of aryl methyl sites for hydroxylation is 1. The van der Waals surface area contributed by atoms with Gasteiger partial charge < -0.3 is 11.1 Å². The van der Waals surface area contributed by atoms with Crippen LogP contribution in [0.1, 0.15) is 17.0 Å². The first kappa shape index (κ1) is 14.6. The van der Waals surface area contributed by atoms with Gasteiger partial charge in [-0.25, -0.2) is 0 Å². The molecule has 0 radical (unpaired) electrons. The van der Waals surface area contributed by atoms with Crippen molar-refractivity contribution in [2.45, 2.75) is 27.3 Å². The van der Waals surface area contributed by atoms with Gasteiger partial charge in [0.05, 0.1) is 17.1 Å². The number of benzene rings is 1. The summed E-state index contributed by atoms with van der Waals surface area (Å²) in [6.45, 7) is 5.78. The number of nitrogens with one attached hydrogen (secondary N) is 1. The average Bonchev–Trinajstić information content (AvgIpc) is 2.63. The van der Waals surface area contributed by atoms with Gasteiger partial charge in [-0.15, -0.1) is 0 Å². The monoisotopic (exact) mass is 336 g/mol. The maximum Gasteiger partial charge on any atom is 0.246 e. The van der Waals surface area contributed by atoms with Crippen LogP contribution in [0.25, 0.3) is 0 Å². The number of carbonyl (C=O) groups excluding carboxylic acids is 1. The third kappa shape index (κ3) is 2.85. The van der Waals surface area contributed by atoms with Gasteiger partial charge in [-0.1, -0.05) is 22.0 Å². The number of nitrogen functional groups attached to an aromatic ring is 1. The van der Waals surface area contributed by atoms with Crippen LogP contribution in [0.15, 0.2) is 22.7 Å². The van der Waals surface area contributed by atoms with Crippen molar-refractivity contribution >= 4 is 33.2 Å². The Bertz CT molecular complexity index is 663. The van der Waals surface area contributed by atoms with Crippen molar-refractivity contribution in [1.82, 2.24) is 9.78 Å². The number of hydrogen-bond donors (Lipinski definition) is 2. The zero-order valence-corrected chi connectivity index (χ0v) is 13.3. The lowest BCUT2D eigenvalue weighted by Crippen LogP contribution is -2.20. The van der Waals surface area contributed by atoms with Gasteiger partial charge >= 0.3 is 0 Å². The van der Waals surface area contributed by atoms with Crippen LogP contribution in [0.3, 0.4) is 0 Å². The summed E-state index contributed by atoms with van der Waals surface area (Å²) < 4.78 is 2.58. The van der Waals surface area contributed by atoms with Crippen LogP contribution in [0.4, 0.5) is 11.4 Å². The molecule has 1 heterocycles. The van der Waals surface area contributed by atoms with Crippen LogP contribution in [0.2, 0.25) is 0 Å². The molecule has 0 saturated heterocycles. The number of rotatable bonds is 3. The first-order valence-corrected chi connectivity index (χ1v) is 7.04. The van der Waals surface area contributed by atoms with Crippen LogP contribution in [-0.2, 0) is 11.3 Å². The summed E-state index contributed by atoms with van der Waals surface area (Å²) in [5.74, 6) is -0.128. The van der Waals surface area contributed by atoms with E-state index in [1.165, 1.54) is 0 Å². The highest BCUT2D eigenvalue weighted by Gasteiger charge is 2.12. The Morgan fingerprint density at radius 3 is 2.70 bits per heavy atom. The molecule has 0 aliphatic rings. The first-order chi connectivity index (χ1) is 9.40. The molecule has 0 bridgehead atoms. The molecule has 0 spiro atoms. The lowest BCUT2D eigenvalue weighted by Gasteiger charge is -2.10. The Balaban J connectivity index is 2.13. The highest BCUT2D eigenvalue weighted by atomic mass is 79.9. The van der Waals surface area contributed by atoms with Crippen LogP contribution in [0, 0.1) is 20.8 Å². The molecule has 0 atom stereocenters. The Morgan fingerprint density at radius 2 is 2.10 bits per heavy atom. The second kappa shape index (κ2) is 5.66. The molecule has 0 aliphatic heterocycles. The molecular formula is C14H17BrN4O. The normalized spacial score (nSPS) is 10.6. The van der Waals surface area contributed by atoms with Gasteiger partial charge in [-0.3, -0.25) is 9.48 Å². The van der Waals surface area contributed by atoms with Crippen LogP contribution in [-0.4, -0.2) is 15.7 Å². The van der Waals surface area contributed by atoms with Crippen molar-refractivity contribution in [3.05, 3.63) is 39.6 Å². The first-order valence-electron chi connectivity index (χ1n) is 6.24. The van der Waals surface area contributed by atoms with Crippen molar-refractivity contribution in [2.24, 2.45) is 0 Å². The van der Waals surface area contributed by atoms with Crippen LogP contribution >= 0.6 is 15.9 Å². The van der Waals surface area contributed by atoms with Gasteiger partial charge in [0.25, 0.3) is 0 Å². The fourth-order valence-electron chi connectivity index (χ4n) is 1.93. The summed E-state index contributed by atoms with van der Waals surface area (Å²) in [4.78, 5) is 12.1. The number of amides is 1. The number of carbonyl (C=O) groups is 1. The van der Waals surface area contributed by atoms with Crippen molar-refractivity contribution in [2.75, 3.05) is 11.1 Å². The lowest BCUT2D eigenvalue weighted by atomic mass is 10.2. The molecule has 0 saturated carbocycles. The third-order valence-electron chi connectivity index (χ3n) is 3.27. The second-order valence-corrected chi connectivity index (χ2v) is 5.56. The van der Waals surface area contributed by atoms with E-state index in [9.17, 15) is 4.79 Å². The second-order valence-electron chi connectivity index (χ2n) is 4.70. The molecule has 1 aromatic carbocycles. The van der Waals surface area contributed by atoms with E-state index in [1.54, 1.807) is 4.68 Å². The molecule has 0 unspecified atom stereocenters. The fourth-order valence-corrected chi connectivity index (χ4v) is 2.30.